The zero-order valence-corrected chi connectivity index (χ0v) is 12.9. The monoisotopic (exact) mass is 355 g/mol. The van der Waals surface area contributed by atoms with Crippen molar-refractivity contribution in [1.29, 1.82) is 0 Å². The van der Waals surface area contributed by atoms with Gasteiger partial charge in [0.2, 0.25) is 0 Å². The van der Waals surface area contributed by atoms with E-state index >= 15 is 0 Å². The summed E-state index contributed by atoms with van der Waals surface area (Å²) in [4.78, 5) is 11.0. The van der Waals surface area contributed by atoms with Crippen molar-refractivity contribution in [2.75, 3.05) is 0 Å². The molecule has 0 saturated heterocycles. The van der Waals surface area contributed by atoms with E-state index in [1.54, 1.807) is 11.4 Å². The van der Waals surface area contributed by atoms with Gasteiger partial charge in [-0.05, 0) is 33.8 Å². The van der Waals surface area contributed by atoms with Gasteiger partial charge in [-0.3, -0.25) is 4.79 Å². The van der Waals surface area contributed by atoms with Crippen LogP contribution in [0.1, 0.15) is 26.2 Å². The number of aliphatic carboxylic acids is 1. The maximum Gasteiger partial charge on any atom is 0.321 e. The minimum absolute atomic E-state index is 0.102. The zero-order chi connectivity index (χ0) is 13.8. The van der Waals surface area contributed by atoms with Crippen molar-refractivity contribution in [2.24, 2.45) is 0 Å². The van der Waals surface area contributed by atoms with Gasteiger partial charge in [0.05, 0.1) is 0 Å². The van der Waals surface area contributed by atoms with Crippen molar-refractivity contribution in [3.8, 4) is 0 Å². The molecule has 1 unspecified atom stereocenters. The van der Waals surface area contributed by atoms with Crippen LogP contribution in [0.15, 0.2) is 20.1 Å². The Hall–Kier alpha value is -0.440. The molecule has 0 aliphatic heterocycles. The Morgan fingerprint density at radius 3 is 2.72 bits per heavy atom. The van der Waals surface area contributed by atoms with Gasteiger partial charge < -0.3 is 5.11 Å². The van der Waals surface area contributed by atoms with E-state index in [4.69, 9.17) is 5.11 Å². The second-order valence-corrected chi connectivity index (χ2v) is 7.39. The van der Waals surface area contributed by atoms with Gasteiger partial charge in [0.1, 0.15) is 10.3 Å². The van der Waals surface area contributed by atoms with E-state index in [-0.39, 0.29) is 10.6 Å². The molecule has 1 aromatic rings. The van der Waals surface area contributed by atoms with Gasteiger partial charge >= 0.3 is 5.97 Å². The molecule has 0 spiro atoms. The normalized spacial score (nSPS) is 13.4. The van der Waals surface area contributed by atoms with Crippen LogP contribution in [0.2, 0.25) is 0 Å². The summed E-state index contributed by atoms with van der Waals surface area (Å²) < 4.78 is 26.8. The minimum atomic E-state index is -3.78. The van der Waals surface area contributed by atoms with Crippen LogP contribution in [0.4, 0.5) is 0 Å². The highest BCUT2D eigenvalue weighted by atomic mass is 79.9. The first-order valence-electron chi connectivity index (χ1n) is 5.36. The lowest BCUT2D eigenvalue weighted by molar-refractivity contribution is -0.139. The van der Waals surface area contributed by atoms with E-state index in [1.165, 1.54) is 0 Å². The van der Waals surface area contributed by atoms with Crippen molar-refractivity contribution in [2.45, 2.75) is 36.4 Å². The van der Waals surface area contributed by atoms with Crippen LogP contribution < -0.4 is 4.72 Å². The zero-order valence-electron chi connectivity index (χ0n) is 9.72. The Morgan fingerprint density at radius 2 is 2.28 bits per heavy atom. The summed E-state index contributed by atoms with van der Waals surface area (Å²) in [6.07, 6.45) is 1.76. The summed E-state index contributed by atoms with van der Waals surface area (Å²) in [6, 6.07) is 0.532. The fourth-order valence-corrected chi connectivity index (χ4v) is 4.93. The average Bonchev–Trinajstić information content (AvgIpc) is 2.71. The van der Waals surface area contributed by atoms with Gasteiger partial charge in [0, 0.05) is 4.47 Å². The third-order valence-corrected chi connectivity index (χ3v) is 6.41. The number of unbranched alkanes of at least 4 members (excludes halogenated alkanes) is 1. The van der Waals surface area contributed by atoms with E-state index in [0.29, 0.717) is 10.9 Å². The number of hydrogen-bond donors (Lipinski definition) is 2. The van der Waals surface area contributed by atoms with Crippen LogP contribution in [0, 0.1) is 0 Å². The van der Waals surface area contributed by atoms with Crippen molar-refractivity contribution in [1.82, 2.24) is 4.72 Å². The third-order valence-electron chi connectivity index (χ3n) is 2.27. The highest BCUT2D eigenvalue weighted by Gasteiger charge is 2.27. The largest absolute Gasteiger partial charge is 0.480 e. The summed E-state index contributed by atoms with van der Waals surface area (Å²) in [5, 5.41) is 10.6. The highest BCUT2D eigenvalue weighted by Crippen LogP contribution is 2.27. The number of nitrogens with one attached hydrogen (secondary N) is 1. The molecule has 0 aliphatic carbocycles. The Morgan fingerprint density at radius 1 is 1.61 bits per heavy atom. The molecule has 0 aliphatic rings. The number of carbonyl (C=O) groups is 1. The number of hydrogen-bond acceptors (Lipinski definition) is 4. The maximum absolute atomic E-state index is 12.0. The molecule has 18 heavy (non-hydrogen) atoms. The second kappa shape index (κ2) is 6.65. The summed E-state index contributed by atoms with van der Waals surface area (Å²) in [6.45, 7) is 1.92. The number of sulfonamides is 1. The Bertz CT molecular complexity index is 512. The van der Waals surface area contributed by atoms with Crippen LogP contribution >= 0.6 is 27.3 Å². The molecular formula is C10H14BrNO4S2. The second-order valence-electron chi connectivity index (χ2n) is 3.71. The van der Waals surface area contributed by atoms with Crippen molar-refractivity contribution in [3.63, 3.8) is 0 Å². The molecule has 0 radical (unpaired) electrons. The van der Waals surface area contributed by atoms with E-state index in [0.717, 1.165) is 17.8 Å². The van der Waals surface area contributed by atoms with Crippen LogP contribution in [-0.2, 0) is 14.8 Å². The summed E-state index contributed by atoms with van der Waals surface area (Å²) in [5.74, 6) is -1.15. The molecule has 2 N–H and O–H groups in total. The van der Waals surface area contributed by atoms with Gasteiger partial charge in [-0.2, -0.15) is 4.72 Å². The first-order chi connectivity index (χ1) is 8.38. The van der Waals surface area contributed by atoms with Crippen LogP contribution in [0.5, 0.6) is 0 Å². The van der Waals surface area contributed by atoms with Gasteiger partial charge in [-0.25, -0.2) is 8.42 Å². The van der Waals surface area contributed by atoms with Gasteiger partial charge in [-0.15, -0.1) is 11.3 Å². The number of halogens is 1. The van der Waals surface area contributed by atoms with Gasteiger partial charge in [-0.1, -0.05) is 19.8 Å². The third kappa shape index (κ3) is 4.04. The number of carboxylic acids is 1. The molecule has 0 aromatic carbocycles. The van der Waals surface area contributed by atoms with Crippen LogP contribution in [-0.4, -0.2) is 25.5 Å². The summed E-state index contributed by atoms with van der Waals surface area (Å²) >= 11 is 4.17. The lowest BCUT2D eigenvalue weighted by Crippen LogP contribution is -2.40. The molecule has 8 heteroatoms. The minimum Gasteiger partial charge on any atom is -0.480 e. The summed E-state index contributed by atoms with van der Waals surface area (Å²) in [7, 11) is -3.78. The Kier molecular flexibility index (Phi) is 5.77. The summed E-state index contributed by atoms with van der Waals surface area (Å²) in [5.41, 5.74) is 0. The predicted molar refractivity (Wildman–Crippen MR) is 73.3 cm³/mol. The number of carboxylic acid groups (broad SMARTS) is 1. The average molecular weight is 356 g/mol. The molecule has 0 amide bonds. The molecule has 0 fully saturated rings. The number of rotatable bonds is 7. The van der Waals surface area contributed by atoms with Crippen molar-refractivity contribution < 1.29 is 18.3 Å². The fraction of sp³-hybridized carbons (Fsp3) is 0.500. The number of thiophene rings is 1. The van der Waals surface area contributed by atoms with Gasteiger partial charge in [0.15, 0.2) is 0 Å². The van der Waals surface area contributed by atoms with Crippen molar-refractivity contribution >= 4 is 43.3 Å². The quantitative estimate of drug-likeness (QED) is 0.786. The molecule has 102 valence electrons. The molecule has 5 nitrogen and oxygen atoms in total. The van der Waals surface area contributed by atoms with Crippen molar-refractivity contribution in [3.05, 3.63) is 15.9 Å². The predicted octanol–water partition coefficient (Wildman–Crippen LogP) is 2.43. The van der Waals surface area contributed by atoms with E-state index < -0.39 is 22.0 Å². The van der Waals surface area contributed by atoms with Crippen LogP contribution in [0.25, 0.3) is 0 Å². The molecule has 1 aromatic heterocycles. The first kappa shape index (κ1) is 15.6. The molecule has 1 rings (SSSR count). The Balaban J connectivity index is 2.86. The SMILES string of the molecule is CCCCC(NS(=O)(=O)c1sccc1Br)C(=O)O. The topological polar surface area (TPSA) is 83.5 Å². The smallest absolute Gasteiger partial charge is 0.321 e. The first-order valence-corrected chi connectivity index (χ1v) is 8.52. The van der Waals surface area contributed by atoms with E-state index in [1.807, 2.05) is 6.92 Å². The lowest BCUT2D eigenvalue weighted by Gasteiger charge is -2.13. The molecule has 1 atom stereocenters. The van der Waals surface area contributed by atoms with E-state index in [9.17, 15) is 13.2 Å². The molecule has 1 heterocycles. The van der Waals surface area contributed by atoms with E-state index in [2.05, 4.69) is 20.7 Å². The molecule has 0 saturated carbocycles. The maximum atomic E-state index is 12.0. The Labute approximate surface area is 118 Å². The fourth-order valence-electron chi connectivity index (χ4n) is 1.35. The highest BCUT2D eigenvalue weighted by molar-refractivity contribution is 9.10. The van der Waals surface area contributed by atoms with Crippen LogP contribution in [0.3, 0.4) is 0 Å². The molecular weight excluding hydrogens is 342 g/mol. The standard InChI is InChI=1S/C10H14BrNO4S2/c1-2-3-4-8(9(13)14)12-18(15,16)10-7(11)5-6-17-10/h5-6,8,12H,2-4H2,1H3,(H,13,14). The lowest BCUT2D eigenvalue weighted by atomic mass is 10.1. The molecule has 0 bridgehead atoms. The van der Waals surface area contributed by atoms with Gasteiger partial charge in [0.25, 0.3) is 10.0 Å².